The number of benzene rings is 2. The lowest BCUT2D eigenvalue weighted by molar-refractivity contribution is 0.222. The first-order chi connectivity index (χ1) is 15.1. The Bertz CT molecular complexity index is 910. The summed E-state index contributed by atoms with van der Waals surface area (Å²) in [5.74, 6) is 1.97. The van der Waals surface area contributed by atoms with Crippen LogP contribution in [-0.2, 0) is 6.54 Å². The van der Waals surface area contributed by atoms with Gasteiger partial charge in [0.2, 0.25) is 0 Å². The van der Waals surface area contributed by atoms with E-state index in [1.54, 1.807) is 14.2 Å². The molecule has 1 saturated heterocycles. The quantitative estimate of drug-likeness (QED) is 0.462. The first kappa shape index (κ1) is 22.3. The van der Waals surface area contributed by atoms with E-state index in [0.29, 0.717) is 24.0 Å². The number of hydrogen-bond donors (Lipinski definition) is 3. The molecule has 2 amide bonds. The van der Waals surface area contributed by atoms with Crippen LogP contribution in [0.3, 0.4) is 0 Å². The van der Waals surface area contributed by atoms with Gasteiger partial charge in [0.15, 0.2) is 17.5 Å². The number of likely N-dealkylation sites (tertiary alicyclic amines) is 1. The van der Waals surface area contributed by atoms with Gasteiger partial charge >= 0.3 is 6.03 Å². The van der Waals surface area contributed by atoms with Gasteiger partial charge in [0, 0.05) is 37.1 Å². The molecule has 3 rings (SSSR count). The number of guanidine groups is 1. The molecule has 1 fully saturated rings. The summed E-state index contributed by atoms with van der Waals surface area (Å²) in [6.45, 7) is 4.86. The highest BCUT2D eigenvalue weighted by molar-refractivity contribution is 5.94. The van der Waals surface area contributed by atoms with Crippen molar-refractivity contribution in [2.75, 3.05) is 44.5 Å². The lowest BCUT2D eigenvalue weighted by Crippen LogP contribution is -2.32. The fourth-order valence-corrected chi connectivity index (χ4v) is 3.40. The molecule has 2 aromatic carbocycles. The lowest BCUT2D eigenvalue weighted by Gasteiger charge is -2.16. The van der Waals surface area contributed by atoms with E-state index in [1.807, 2.05) is 54.3 Å². The number of methoxy groups -OCH3 is 2. The third-order valence-electron chi connectivity index (χ3n) is 4.98. The number of nitrogens with zero attached hydrogens (tertiary/aromatic N) is 2. The second-order valence-electron chi connectivity index (χ2n) is 7.21. The molecule has 0 spiro atoms. The number of carbonyl (C=O) groups is 1. The minimum absolute atomic E-state index is 0.0402. The van der Waals surface area contributed by atoms with Crippen molar-refractivity contribution < 1.29 is 14.3 Å². The minimum atomic E-state index is -0.0402. The van der Waals surface area contributed by atoms with Crippen LogP contribution in [0, 0.1) is 0 Å². The summed E-state index contributed by atoms with van der Waals surface area (Å²) in [7, 11) is 3.22. The second-order valence-corrected chi connectivity index (χ2v) is 7.21. The first-order valence-electron chi connectivity index (χ1n) is 10.5. The topological polar surface area (TPSA) is 87.2 Å². The summed E-state index contributed by atoms with van der Waals surface area (Å²) in [6.07, 6.45) is 2.14. The first-order valence-corrected chi connectivity index (χ1v) is 10.5. The second kappa shape index (κ2) is 11.1. The number of nitrogens with one attached hydrogen (secondary N) is 3. The van der Waals surface area contributed by atoms with Crippen molar-refractivity contribution in [1.82, 2.24) is 10.2 Å². The Morgan fingerprint density at radius 3 is 2.45 bits per heavy atom. The van der Waals surface area contributed by atoms with Crippen LogP contribution in [0.5, 0.6) is 11.5 Å². The molecule has 1 heterocycles. The molecule has 8 nitrogen and oxygen atoms in total. The number of rotatable bonds is 7. The highest BCUT2D eigenvalue weighted by Gasteiger charge is 2.17. The summed E-state index contributed by atoms with van der Waals surface area (Å²) >= 11 is 0. The Balaban J connectivity index is 1.66. The fraction of sp³-hybridized carbons (Fsp3) is 0.391. The maximum Gasteiger partial charge on any atom is 0.321 e. The van der Waals surface area contributed by atoms with Crippen molar-refractivity contribution in [1.29, 1.82) is 0 Å². The van der Waals surface area contributed by atoms with E-state index < -0.39 is 0 Å². The summed E-state index contributed by atoms with van der Waals surface area (Å²) in [4.78, 5) is 18.8. The lowest BCUT2D eigenvalue weighted by atomic mass is 10.2. The summed E-state index contributed by atoms with van der Waals surface area (Å²) in [6, 6.07) is 13.3. The van der Waals surface area contributed by atoms with E-state index in [4.69, 9.17) is 9.47 Å². The Morgan fingerprint density at radius 1 is 1.00 bits per heavy atom. The Labute approximate surface area is 183 Å². The average molecular weight is 426 g/mol. The van der Waals surface area contributed by atoms with Gasteiger partial charge in [0.05, 0.1) is 20.8 Å². The molecule has 0 bridgehead atoms. The average Bonchev–Trinajstić information content (AvgIpc) is 3.33. The smallest absolute Gasteiger partial charge is 0.321 e. The van der Waals surface area contributed by atoms with Gasteiger partial charge in [-0.25, -0.2) is 9.79 Å². The highest BCUT2D eigenvalue weighted by Crippen LogP contribution is 2.29. The number of carbonyl (C=O) groups excluding carboxylic acids is 1. The van der Waals surface area contributed by atoms with Crippen molar-refractivity contribution in [3.05, 3.63) is 48.0 Å². The molecule has 8 heteroatoms. The SMILES string of the molecule is CCNC(=NCc1cccc(NC(=O)N2CCCC2)c1)Nc1ccc(OC)c(OC)c1. The van der Waals surface area contributed by atoms with Crippen molar-refractivity contribution in [2.45, 2.75) is 26.3 Å². The zero-order valence-electron chi connectivity index (χ0n) is 18.4. The van der Waals surface area contributed by atoms with Crippen LogP contribution in [-0.4, -0.2) is 50.7 Å². The van der Waals surface area contributed by atoms with Gasteiger partial charge in [0.25, 0.3) is 0 Å². The molecule has 166 valence electrons. The predicted octanol–water partition coefficient (Wildman–Crippen LogP) is 3.91. The molecule has 0 radical (unpaired) electrons. The molecule has 0 aromatic heterocycles. The number of aliphatic imine (C=N–C) groups is 1. The number of anilines is 2. The van der Waals surface area contributed by atoms with Gasteiger partial charge in [-0.15, -0.1) is 0 Å². The fourth-order valence-electron chi connectivity index (χ4n) is 3.40. The predicted molar refractivity (Wildman–Crippen MR) is 124 cm³/mol. The zero-order chi connectivity index (χ0) is 22.1. The summed E-state index contributed by atoms with van der Waals surface area (Å²) < 4.78 is 10.7. The van der Waals surface area contributed by atoms with Crippen LogP contribution in [0.25, 0.3) is 0 Å². The molecule has 1 aliphatic rings. The van der Waals surface area contributed by atoms with Crippen molar-refractivity contribution in [3.8, 4) is 11.5 Å². The van der Waals surface area contributed by atoms with Crippen LogP contribution < -0.4 is 25.4 Å². The van der Waals surface area contributed by atoms with Crippen LogP contribution in [0.1, 0.15) is 25.3 Å². The maximum absolute atomic E-state index is 12.3. The van der Waals surface area contributed by atoms with Crippen LogP contribution in [0.15, 0.2) is 47.5 Å². The molecule has 3 N–H and O–H groups in total. The number of amides is 2. The molecule has 2 aromatic rings. The van der Waals surface area contributed by atoms with Crippen molar-refractivity contribution in [3.63, 3.8) is 0 Å². The standard InChI is InChI=1S/C23H31N5O3/c1-4-24-22(26-19-10-11-20(30-2)21(15-19)31-3)25-16-17-8-7-9-18(14-17)27-23(29)28-12-5-6-13-28/h7-11,14-15H,4-6,12-13,16H2,1-3H3,(H,27,29)(H2,24,25,26). The van der Waals surface area contributed by atoms with Gasteiger partial charge in [-0.3, -0.25) is 0 Å². The van der Waals surface area contributed by atoms with Gasteiger partial charge < -0.3 is 30.3 Å². The van der Waals surface area contributed by atoms with Gasteiger partial charge in [-0.2, -0.15) is 0 Å². The Morgan fingerprint density at radius 2 is 1.74 bits per heavy atom. The van der Waals surface area contributed by atoms with Gasteiger partial charge in [-0.05, 0) is 49.6 Å². The molecule has 0 saturated carbocycles. The van der Waals surface area contributed by atoms with Crippen molar-refractivity contribution >= 4 is 23.4 Å². The van der Waals surface area contributed by atoms with Crippen LogP contribution in [0.4, 0.5) is 16.2 Å². The molecular formula is C23H31N5O3. The largest absolute Gasteiger partial charge is 0.493 e. The van der Waals surface area contributed by atoms with Crippen LogP contribution in [0.2, 0.25) is 0 Å². The van der Waals surface area contributed by atoms with E-state index in [0.717, 1.165) is 49.4 Å². The normalized spacial score (nSPS) is 13.6. The molecule has 0 aliphatic carbocycles. The maximum atomic E-state index is 12.3. The van der Waals surface area contributed by atoms with E-state index >= 15 is 0 Å². The number of urea groups is 1. The van der Waals surface area contributed by atoms with Crippen LogP contribution >= 0.6 is 0 Å². The summed E-state index contributed by atoms with van der Waals surface area (Å²) in [5.41, 5.74) is 2.62. The molecule has 1 aliphatic heterocycles. The monoisotopic (exact) mass is 425 g/mol. The third kappa shape index (κ3) is 6.28. The molecule has 0 atom stereocenters. The Hall–Kier alpha value is -3.42. The molecule has 31 heavy (non-hydrogen) atoms. The van der Waals surface area contributed by atoms with E-state index in [-0.39, 0.29) is 6.03 Å². The summed E-state index contributed by atoms with van der Waals surface area (Å²) in [5, 5.41) is 9.51. The molecule has 0 unspecified atom stereocenters. The van der Waals surface area contributed by atoms with E-state index in [1.165, 1.54) is 0 Å². The van der Waals surface area contributed by atoms with Crippen molar-refractivity contribution in [2.24, 2.45) is 4.99 Å². The molecular weight excluding hydrogens is 394 g/mol. The number of hydrogen-bond acceptors (Lipinski definition) is 4. The highest BCUT2D eigenvalue weighted by atomic mass is 16.5. The van der Waals surface area contributed by atoms with E-state index in [2.05, 4.69) is 20.9 Å². The van der Waals surface area contributed by atoms with E-state index in [9.17, 15) is 4.79 Å². The van der Waals surface area contributed by atoms with Gasteiger partial charge in [0.1, 0.15) is 0 Å². The number of ether oxygens (including phenoxy) is 2. The third-order valence-corrected chi connectivity index (χ3v) is 4.98. The zero-order valence-corrected chi connectivity index (χ0v) is 18.4. The Kier molecular flexibility index (Phi) is 7.98. The minimum Gasteiger partial charge on any atom is -0.493 e. The van der Waals surface area contributed by atoms with Gasteiger partial charge in [-0.1, -0.05) is 12.1 Å².